The van der Waals surface area contributed by atoms with E-state index in [2.05, 4.69) is 4.98 Å². The summed E-state index contributed by atoms with van der Waals surface area (Å²) < 4.78 is 6.81. The fourth-order valence-corrected chi connectivity index (χ4v) is 2.86. The number of hydrogen-bond donors (Lipinski definition) is 0. The Morgan fingerprint density at radius 1 is 1.11 bits per heavy atom. The summed E-state index contributed by atoms with van der Waals surface area (Å²) in [7, 11) is 1.63. The van der Waals surface area contributed by atoms with Crippen LogP contribution in [0.15, 0.2) is 67.1 Å². The van der Waals surface area contributed by atoms with Crippen LogP contribution in [0.1, 0.15) is 26.3 Å². The molecule has 1 heterocycles. The Balaban J connectivity index is 1.87. The second-order valence-electron chi connectivity index (χ2n) is 7.42. The summed E-state index contributed by atoms with van der Waals surface area (Å²) in [6.07, 6.45) is 3.34. The predicted octanol–water partition coefficient (Wildman–Crippen LogP) is 4.83. The SMILES string of the molecule is COc1cccc(-c2cn(C(=O)N(Cc3ccccc3)C(C)(C)C)cn2)c1. The summed E-state index contributed by atoms with van der Waals surface area (Å²) in [6.45, 7) is 6.64. The van der Waals surface area contributed by atoms with Gasteiger partial charge in [-0.25, -0.2) is 9.78 Å². The molecule has 5 nitrogen and oxygen atoms in total. The predicted molar refractivity (Wildman–Crippen MR) is 107 cm³/mol. The van der Waals surface area contributed by atoms with E-state index < -0.39 is 0 Å². The highest BCUT2D eigenvalue weighted by molar-refractivity contribution is 5.79. The minimum absolute atomic E-state index is 0.104. The van der Waals surface area contributed by atoms with Gasteiger partial charge in [0, 0.05) is 23.8 Å². The van der Waals surface area contributed by atoms with Crippen molar-refractivity contribution in [1.82, 2.24) is 14.5 Å². The van der Waals surface area contributed by atoms with Crippen LogP contribution in [0.5, 0.6) is 5.75 Å². The summed E-state index contributed by atoms with van der Waals surface area (Å²) in [5.74, 6) is 0.758. The second kappa shape index (κ2) is 7.66. The van der Waals surface area contributed by atoms with Crippen LogP contribution < -0.4 is 4.74 Å². The Morgan fingerprint density at radius 2 is 1.85 bits per heavy atom. The molecule has 0 aliphatic heterocycles. The molecule has 2 aromatic carbocycles. The first-order valence-corrected chi connectivity index (χ1v) is 8.93. The van der Waals surface area contributed by atoms with E-state index in [0.717, 1.165) is 22.6 Å². The lowest BCUT2D eigenvalue weighted by atomic mass is 10.1. The lowest BCUT2D eigenvalue weighted by Crippen LogP contribution is -2.46. The molecule has 0 fully saturated rings. The van der Waals surface area contributed by atoms with E-state index in [4.69, 9.17) is 4.74 Å². The molecule has 0 saturated heterocycles. The standard InChI is InChI=1S/C22H25N3O2/c1-22(2,3)25(14-17-9-6-5-7-10-17)21(26)24-15-20(23-16-24)18-11-8-12-19(13-18)27-4/h5-13,15-16H,14H2,1-4H3. The highest BCUT2D eigenvalue weighted by atomic mass is 16.5. The normalized spacial score (nSPS) is 11.3. The van der Waals surface area contributed by atoms with Gasteiger partial charge in [0.1, 0.15) is 12.1 Å². The van der Waals surface area contributed by atoms with Gasteiger partial charge in [0.2, 0.25) is 0 Å². The molecule has 0 spiro atoms. The maximum Gasteiger partial charge on any atom is 0.330 e. The van der Waals surface area contributed by atoms with Crippen molar-refractivity contribution in [2.24, 2.45) is 0 Å². The van der Waals surface area contributed by atoms with Crippen molar-refractivity contribution in [3.63, 3.8) is 0 Å². The second-order valence-corrected chi connectivity index (χ2v) is 7.42. The number of benzene rings is 2. The molecule has 0 unspecified atom stereocenters. The maximum absolute atomic E-state index is 13.2. The zero-order chi connectivity index (χ0) is 19.4. The fourth-order valence-electron chi connectivity index (χ4n) is 2.86. The van der Waals surface area contributed by atoms with E-state index in [0.29, 0.717) is 6.54 Å². The van der Waals surface area contributed by atoms with Gasteiger partial charge in [-0.1, -0.05) is 42.5 Å². The molecule has 27 heavy (non-hydrogen) atoms. The number of methoxy groups -OCH3 is 1. The van der Waals surface area contributed by atoms with Gasteiger partial charge in [0.25, 0.3) is 0 Å². The van der Waals surface area contributed by atoms with Crippen molar-refractivity contribution >= 4 is 6.03 Å². The largest absolute Gasteiger partial charge is 0.497 e. The zero-order valence-corrected chi connectivity index (χ0v) is 16.2. The lowest BCUT2D eigenvalue weighted by molar-refractivity contribution is 0.141. The number of carbonyl (C=O) groups is 1. The molecule has 1 aromatic heterocycles. The number of imidazole rings is 1. The van der Waals surface area contributed by atoms with Gasteiger partial charge < -0.3 is 9.64 Å². The summed E-state index contributed by atoms with van der Waals surface area (Å²) in [5, 5.41) is 0. The van der Waals surface area contributed by atoms with E-state index in [1.54, 1.807) is 24.2 Å². The average molecular weight is 363 g/mol. The third-order valence-electron chi connectivity index (χ3n) is 4.39. The molecular weight excluding hydrogens is 338 g/mol. The molecule has 1 amide bonds. The first-order valence-electron chi connectivity index (χ1n) is 8.93. The minimum atomic E-state index is -0.326. The van der Waals surface area contributed by atoms with Crippen LogP contribution >= 0.6 is 0 Å². The Morgan fingerprint density at radius 3 is 2.52 bits per heavy atom. The van der Waals surface area contributed by atoms with Gasteiger partial charge in [-0.15, -0.1) is 0 Å². The van der Waals surface area contributed by atoms with Crippen LogP contribution in [0.2, 0.25) is 0 Å². The zero-order valence-electron chi connectivity index (χ0n) is 16.2. The van der Waals surface area contributed by atoms with Crippen molar-refractivity contribution in [3.05, 3.63) is 72.7 Å². The van der Waals surface area contributed by atoms with Crippen molar-refractivity contribution in [2.75, 3.05) is 7.11 Å². The molecule has 3 rings (SSSR count). The van der Waals surface area contributed by atoms with Gasteiger partial charge in [0.15, 0.2) is 0 Å². The molecule has 0 bridgehead atoms. The smallest absolute Gasteiger partial charge is 0.330 e. The van der Waals surface area contributed by atoms with E-state index in [9.17, 15) is 4.79 Å². The van der Waals surface area contributed by atoms with Gasteiger partial charge in [-0.2, -0.15) is 0 Å². The van der Waals surface area contributed by atoms with Crippen LogP contribution in [-0.4, -0.2) is 33.1 Å². The number of carbonyl (C=O) groups excluding carboxylic acids is 1. The van der Waals surface area contributed by atoms with Crippen LogP contribution in [-0.2, 0) is 6.54 Å². The Kier molecular flexibility index (Phi) is 5.31. The molecule has 0 aliphatic carbocycles. The molecule has 0 N–H and O–H groups in total. The molecule has 0 radical (unpaired) electrons. The quantitative estimate of drug-likeness (QED) is 0.667. The van der Waals surface area contributed by atoms with Crippen molar-refractivity contribution in [2.45, 2.75) is 32.9 Å². The molecule has 0 saturated carbocycles. The molecule has 0 atom stereocenters. The van der Waals surface area contributed by atoms with Gasteiger partial charge in [-0.05, 0) is 38.5 Å². The Bertz CT molecular complexity index is 911. The van der Waals surface area contributed by atoms with Gasteiger partial charge in [0.05, 0.1) is 12.8 Å². The number of aromatic nitrogens is 2. The van der Waals surface area contributed by atoms with E-state index in [-0.39, 0.29) is 11.6 Å². The van der Waals surface area contributed by atoms with Crippen LogP contribution in [0.3, 0.4) is 0 Å². The fraction of sp³-hybridized carbons (Fsp3) is 0.273. The first kappa shape index (κ1) is 18.7. The van der Waals surface area contributed by atoms with Crippen molar-refractivity contribution in [1.29, 1.82) is 0 Å². The highest BCUT2D eigenvalue weighted by Crippen LogP contribution is 2.24. The molecular formula is C22H25N3O2. The monoisotopic (exact) mass is 363 g/mol. The maximum atomic E-state index is 13.2. The van der Waals surface area contributed by atoms with E-state index in [1.165, 1.54) is 0 Å². The molecule has 3 aromatic rings. The Labute approximate surface area is 160 Å². The van der Waals surface area contributed by atoms with Crippen molar-refractivity contribution < 1.29 is 9.53 Å². The summed E-state index contributed by atoms with van der Waals surface area (Å²) >= 11 is 0. The van der Waals surface area contributed by atoms with Crippen LogP contribution in [0, 0.1) is 0 Å². The molecule has 5 heteroatoms. The molecule has 140 valence electrons. The van der Waals surface area contributed by atoms with Crippen molar-refractivity contribution in [3.8, 4) is 17.0 Å². The highest BCUT2D eigenvalue weighted by Gasteiger charge is 2.28. The minimum Gasteiger partial charge on any atom is -0.497 e. The number of ether oxygens (including phenoxy) is 1. The Hall–Kier alpha value is -3.08. The summed E-state index contributed by atoms with van der Waals surface area (Å²) in [5.41, 5.74) is 2.41. The number of amides is 1. The van der Waals surface area contributed by atoms with Crippen LogP contribution in [0.4, 0.5) is 4.79 Å². The van der Waals surface area contributed by atoms with Crippen LogP contribution in [0.25, 0.3) is 11.3 Å². The van der Waals surface area contributed by atoms with E-state index >= 15 is 0 Å². The number of hydrogen-bond acceptors (Lipinski definition) is 3. The first-order chi connectivity index (χ1) is 12.9. The third-order valence-corrected chi connectivity index (χ3v) is 4.39. The lowest BCUT2D eigenvalue weighted by Gasteiger charge is -2.35. The number of rotatable bonds is 4. The molecule has 0 aliphatic rings. The summed E-state index contributed by atoms with van der Waals surface area (Å²) in [6, 6.07) is 17.5. The van der Waals surface area contributed by atoms with E-state index in [1.807, 2.05) is 80.3 Å². The number of nitrogens with zero attached hydrogens (tertiary/aromatic N) is 3. The average Bonchev–Trinajstić information content (AvgIpc) is 3.16. The summed E-state index contributed by atoms with van der Waals surface area (Å²) in [4.78, 5) is 19.4. The third kappa shape index (κ3) is 4.37. The topological polar surface area (TPSA) is 47.4 Å². The van der Waals surface area contributed by atoms with Gasteiger partial charge >= 0.3 is 6.03 Å². The van der Waals surface area contributed by atoms with Gasteiger partial charge in [-0.3, -0.25) is 4.57 Å².